The van der Waals surface area contributed by atoms with E-state index in [-0.39, 0.29) is 17.0 Å². The summed E-state index contributed by atoms with van der Waals surface area (Å²) in [5.74, 6) is 0.872. The molecule has 0 bridgehead atoms. The Bertz CT molecular complexity index is 589. The number of hydrogen-bond donors (Lipinski definition) is 0. The number of thioether (sulfide) groups is 1. The predicted octanol–water partition coefficient (Wildman–Crippen LogP) is 2.83. The molecule has 1 aromatic carbocycles. The standard InChI is InChI=1S/C12H12N4S.BrH/c1-8-3-5-10(6-4-8)11-7-17-12-9(2)13-15-16(12)14-11;/h3-6H,7H2,1-2H3;1H. The summed E-state index contributed by atoms with van der Waals surface area (Å²) in [4.78, 5) is 1.62. The van der Waals surface area contributed by atoms with Gasteiger partial charge in [0.2, 0.25) is 0 Å². The van der Waals surface area contributed by atoms with Gasteiger partial charge in [-0.1, -0.05) is 41.6 Å². The van der Waals surface area contributed by atoms with E-state index < -0.39 is 0 Å². The molecule has 0 radical (unpaired) electrons. The number of fused-ring (bicyclic) bond motifs is 1. The van der Waals surface area contributed by atoms with Crippen LogP contribution in [0.5, 0.6) is 0 Å². The first kappa shape index (κ1) is 13.3. The fraction of sp³-hybridized carbons (Fsp3) is 0.250. The van der Waals surface area contributed by atoms with E-state index in [0.29, 0.717) is 0 Å². The van der Waals surface area contributed by atoms with Crippen LogP contribution in [0.1, 0.15) is 16.8 Å². The van der Waals surface area contributed by atoms with E-state index in [9.17, 15) is 0 Å². The molecule has 3 rings (SSSR count). The van der Waals surface area contributed by atoms with Crippen molar-refractivity contribution < 1.29 is 0 Å². The van der Waals surface area contributed by atoms with Crippen LogP contribution in [0.2, 0.25) is 0 Å². The highest BCUT2D eigenvalue weighted by Gasteiger charge is 2.17. The summed E-state index contributed by atoms with van der Waals surface area (Å²) in [7, 11) is 0. The van der Waals surface area contributed by atoms with Crippen LogP contribution in [0.15, 0.2) is 34.4 Å². The summed E-state index contributed by atoms with van der Waals surface area (Å²) >= 11 is 1.74. The minimum atomic E-state index is 0. The highest BCUT2D eigenvalue weighted by atomic mass is 79.9. The van der Waals surface area contributed by atoms with E-state index in [1.807, 2.05) is 6.92 Å². The van der Waals surface area contributed by atoms with Gasteiger partial charge in [0.1, 0.15) is 5.03 Å². The maximum atomic E-state index is 4.50. The zero-order valence-electron chi connectivity index (χ0n) is 10.1. The average Bonchev–Trinajstić information content (AvgIpc) is 2.72. The van der Waals surface area contributed by atoms with Crippen LogP contribution in [0.3, 0.4) is 0 Å². The van der Waals surface area contributed by atoms with Crippen LogP contribution in [-0.2, 0) is 0 Å². The molecule has 0 spiro atoms. The van der Waals surface area contributed by atoms with Crippen LogP contribution < -0.4 is 0 Å². The number of rotatable bonds is 1. The summed E-state index contributed by atoms with van der Waals surface area (Å²) in [6, 6.07) is 8.41. The number of halogens is 1. The van der Waals surface area contributed by atoms with Crippen LogP contribution >= 0.6 is 28.7 Å². The summed E-state index contributed by atoms with van der Waals surface area (Å²) < 4.78 is 0. The highest BCUT2D eigenvalue weighted by molar-refractivity contribution is 8.93. The Kier molecular flexibility index (Phi) is 3.87. The van der Waals surface area contributed by atoms with Gasteiger partial charge in [-0.25, -0.2) is 0 Å². The fourth-order valence-electron chi connectivity index (χ4n) is 1.73. The van der Waals surface area contributed by atoms with E-state index in [1.165, 1.54) is 5.56 Å². The quantitative estimate of drug-likeness (QED) is 0.810. The molecule has 1 aliphatic heterocycles. The van der Waals surface area contributed by atoms with Gasteiger partial charge < -0.3 is 0 Å². The van der Waals surface area contributed by atoms with Gasteiger partial charge in [0, 0.05) is 5.75 Å². The van der Waals surface area contributed by atoms with Gasteiger partial charge in [-0.05, 0) is 24.6 Å². The van der Waals surface area contributed by atoms with Crippen molar-refractivity contribution in [1.29, 1.82) is 0 Å². The molecule has 4 nitrogen and oxygen atoms in total. The second-order valence-corrected chi connectivity index (χ2v) is 5.03. The van der Waals surface area contributed by atoms with Gasteiger partial charge in [-0.3, -0.25) is 0 Å². The maximum absolute atomic E-state index is 4.50. The Balaban J connectivity index is 0.00000120. The molecule has 1 aliphatic rings. The largest absolute Gasteiger partial charge is 0.152 e. The Labute approximate surface area is 120 Å². The minimum absolute atomic E-state index is 0. The lowest BCUT2D eigenvalue weighted by atomic mass is 10.1. The Morgan fingerprint density at radius 2 is 1.89 bits per heavy atom. The molecule has 0 fully saturated rings. The van der Waals surface area contributed by atoms with Gasteiger partial charge in [0.05, 0.1) is 11.4 Å². The van der Waals surface area contributed by atoms with Gasteiger partial charge >= 0.3 is 0 Å². The maximum Gasteiger partial charge on any atom is 0.144 e. The SMILES string of the molecule is Br.Cc1ccc(C2=Nn3nnc(C)c3SC2)cc1. The van der Waals surface area contributed by atoms with E-state index >= 15 is 0 Å². The Hall–Kier alpha value is -1.14. The highest BCUT2D eigenvalue weighted by Crippen LogP contribution is 2.25. The zero-order valence-corrected chi connectivity index (χ0v) is 12.7. The third kappa shape index (κ3) is 2.35. The Morgan fingerprint density at radius 1 is 1.17 bits per heavy atom. The second-order valence-electron chi connectivity index (χ2n) is 4.07. The van der Waals surface area contributed by atoms with Crippen molar-refractivity contribution >= 4 is 34.5 Å². The topological polar surface area (TPSA) is 43.1 Å². The smallest absolute Gasteiger partial charge is 0.144 e. The number of nitrogens with zero attached hydrogens (tertiary/aromatic N) is 4. The van der Waals surface area contributed by atoms with Crippen LogP contribution in [0.4, 0.5) is 0 Å². The molecule has 0 saturated heterocycles. The molecule has 18 heavy (non-hydrogen) atoms. The van der Waals surface area contributed by atoms with Crippen molar-refractivity contribution in [3.8, 4) is 0 Å². The summed E-state index contributed by atoms with van der Waals surface area (Å²) in [5, 5.41) is 13.6. The van der Waals surface area contributed by atoms with Crippen molar-refractivity contribution in [3.63, 3.8) is 0 Å². The molecule has 94 valence electrons. The third-order valence-corrected chi connectivity index (χ3v) is 3.87. The third-order valence-electron chi connectivity index (χ3n) is 2.72. The lowest BCUT2D eigenvalue weighted by molar-refractivity contribution is 0.641. The molecular weight excluding hydrogens is 312 g/mol. The summed E-state index contributed by atoms with van der Waals surface area (Å²) in [6.45, 7) is 4.04. The molecule has 0 N–H and O–H groups in total. The second kappa shape index (κ2) is 5.24. The van der Waals surface area contributed by atoms with E-state index in [0.717, 1.165) is 27.7 Å². The lowest BCUT2D eigenvalue weighted by Gasteiger charge is -2.12. The number of aryl methyl sites for hydroxylation is 2. The first-order valence-corrected chi connectivity index (χ1v) is 6.42. The number of benzene rings is 1. The van der Waals surface area contributed by atoms with Crippen LogP contribution in [0, 0.1) is 13.8 Å². The van der Waals surface area contributed by atoms with E-state index in [2.05, 4.69) is 46.6 Å². The predicted molar refractivity (Wildman–Crippen MR) is 78.9 cm³/mol. The van der Waals surface area contributed by atoms with Crippen molar-refractivity contribution in [2.75, 3.05) is 5.75 Å². The molecule has 2 aromatic rings. The minimum Gasteiger partial charge on any atom is -0.152 e. The molecule has 0 atom stereocenters. The molecule has 0 saturated carbocycles. The molecule has 0 unspecified atom stereocenters. The number of hydrogen-bond acceptors (Lipinski definition) is 4. The van der Waals surface area contributed by atoms with Crippen molar-refractivity contribution in [2.45, 2.75) is 18.9 Å². The van der Waals surface area contributed by atoms with Gasteiger partial charge in [-0.2, -0.15) is 5.10 Å². The van der Waals surface area contributed by atoms with Gasteiger partial charge in [0.25, 0.3) is 0 Å². The monoisotopic (exact) mass is 324 g/mol. The summed E-state index contributed by atoms with van der Waals surface area (Å²) in [6.07, 6.45) is 0. The lowest BCUT2D eigenvalue weighted by Crippen LogP contribution is -2.13. The normalized spacial score (nSPS) is 13.6. The van der Waals surface area contributed by atoms with E-state index in [4.69, 9.17) is 0 Å². The molecule has 0 aliphatic carbocycles. The van der Waals surface area contributed by atoms with Crippen LogP contribution in [0.25, 0.3) is 0 Å². The first-order valence-electron chi connectivity index (χ1n) is 5.44. The molecule has 6 heteroatoms. The molecular formula is C12H13BrN4S. The first-order chi connectivity index (χ1) is 8.24. The number of aromatic nitrogens is 3. The van der Waals surface area contributed by atoms with Crippen molar-refractivity contribution in [1.82, 2.24) is 15.1 Å². The van der Waals surface area contributed by atoms with Crippen molar-refractivity contribution in [2.24, 2.45) is 5.10 Å². The summed E-state index contributed by atoms with van der Waals surface area (Å²) in [5.41, 5.74) is 4.41. The van der Waals surface area contributed by atoms with Crippen LogP contribution in [-0.4, -0.2) is 26.6 Å². The van der Waals surface area contributed by atoms with Gasteiger partial charge in [-0.15, -0.1) is 26.9 Å². The van der Waals surface area contributed by atoms with Gasteiger partial charge in [0.15, 0.2) is 0 Å². The van der Waals surface area contributed by atoms with E-state index in [1.54, 1.807) is 16.6 Å². The zero-order chi connectivity index (χ0) is 11.8. The average molecular weight is 325 g/mol. The molecule has 2 heterocycles. The molecule has 1 aromatic heterocycles. The molecule has 0 amide bonds. The van der Waals surface area contributed by atoms with Crippen molar-refractivity contribution in [3.05, 3.63) is 41.1 Å². The Morgan fingerprint density at radius 3 is 2.61 bits per heavy atom. The fourth-order valence-corrected chi connectivity index (χ4v) is 2.67.